The van der Waals surface area contributed by atoms with Crippen LogP contribution in [0.25, 0.3) is 0 Å². The molecule has 0 atom stereocenters. The first-order chi connectivity index (χ1) is 6.59. The van der Waals surface area contributed by atoms with Gasteiger partial charge in [0.1, 0.15) is 11.6 Å². The Morgan fingerprint density at radius 1 is 1.57 bits per heavy atom. The molecule has 0 saturated carbocycles. The lowest BCUT2D eigenvalue weighted by atomic mass is 10.3. The molecule has 0 spiro atoms. The first-order valence-electron chi connectivity index (χ1n) is 3.96. The van der Waals surface area contributed by atoms with Crippen LogP contribution < -0.4 is 10.5 Å². The van der Waals surface area contributed by atoms with E-state index < -0.39 is 0 Å². The fraction of sp³-hybridized carbons (Fsp3) is 0.222. The summed E-state index contributed by atoms with van der Waals surface area (Å²) in [6.07, 6.45) is 0.484. The average Bonchev–Trinajstić information content (AvgIpc) is 2.10. The largest absolute Gasteiger partial charge is 0.492 e. The van der Waals surface area contributed by atoms with Crippen LogP contribution in [0.1, 0.15) is 6.42 Å². The van der Waals surface area contributed by atoms with Gasteiger partial charge in [0, 0.05) is 12.5 Å². The second-order valence-electron chi connectivity index (χ2n) is 2.64. The summed E-state index contributed by atoms with van der Waals surface area (Å²) in [5.41, 5.74) is 5.29. The van der Waals surface area contributed by atoms with Crippen molar-refractivity contribution in [3.05, 3.63) is 28.5 Å². The lowest BCUT2D eigenvalue weighted by Crippen LogP contribution is -2.12. The molecule has 0 saturated heterocycles. The van der Waals surface area contributed by atoms with Crippen LogP contribution in [0.4, 0.5) is 4.39 Å². The SMILES string of the molecule is NC(=S)CCOc1cc(F)ccc1Br. The maximum atomic E-state index is 12.8. The van der Waals surface area contributed by atoms with E-state index in [2.05, 4.69) is 28.1 Å². The van der Waals surface area contributed by atoms with E-state index in [0.29, 0.717) is 28.2 Å². The number of thiocarbonyl (C=S) groups is 1. The Morgan fingerprint density at radius 3 is 2.93 bits per heavy atom. The molecule has 1 aromatic rings. The fourth-order valence-corrected chi connectivity index (χ4v) is 1.29. The molecule has 0 aliphatic heterocycles. The summed E-state index contributed by atoms with van der Waals surface area (Å²) in [4.78, 5) is 0.387. The minimum absolute atomic E-state index is 0.335. The minimum atomic E-state index is -0.335. The second kappa shape index (κ2) is 5.26. The molecule has 5 heteroatoms. The molecule has 0 aliphatic carbocycles. The van der Waals surface area contributed by atoms with Crippen LogP contribution in [-0.4, -0.2) is 11.6 Å². The predicted octanol–water partition coefficient (Wildman–Crippen LogP) is 2.64. The molecule has 0 unspecified atom stereocenters. The van der Waals surface area contributed by atoms with Crippen molar-refractivity contribution in [2.75, 3.05) is 6.61 Å². The van der Waals surface area contributed by atoms with Crippen LogP contribution >= 0.6 is 28.1 Å². The van der Waals surface area contributed by atoms with Gasteiger partial charge in [0.2, 0.25) is 0 Å². The third-order valence-electron chi connectivity index (χ3n) is 1.50. The zero-order chi connectivity index (χ0) is 10.6. The van der Waals surface area contributed by atoms with Crippen molar-refractivity contribution < 1.29 is 9.13 Å². The van der Waals surface area contributed by atoms with E-state index in [1.165, 1.54) is 12.1 Å². The van der Waals surface area contributed by atoms with Crippen molar-refractivity contribution in [2.24, 2.45) is 5.73 Å². The van der Waals surface area contributed by atoms with E-state index in [1.807, 2.05) is 0 Å². The van der Waals surface area contributed by atoms with Gasteiger partial charge in [-0.05, 0) is 28.1 Å². The number of hydrogen-bond acceptors (Lipinski definition) is 2. The van der Waals surface area contributed by atoms with E-state index in [4.69, 9.17) is 10.5 Å². The van der Waals surface area contributed by atoms with Gasteiger partial charge in [0.25, 0.3) is 0 Å². The minimum Gasteiger partial charge on any atom is -0.492 e. The Morgan fingerprint density at radius 2 is 2.29 bits per heavy atom. The molecular weight excluding hydrogens is 269 g/mol. The van der Waals surface area contributed by atoms with Gasteiger partial charge in [-0.25, -0.2) is 4.39 Å². The van der Waals surface area contributed by atoms with Crippen molar-refractivity contribution in [1.29, 1.82) is 0 Å². The summed E-state index contributed by atoms with van der Waals surface area (Å²) in [6.45, 7) is 0.359. The normalized spacial score (nSPS) is 9.86. The topological polar surface area (TPSA) is 35.2 Å². The highest BCUT2D eigenvalue weighted by Crippen LogP contribution is 2.25. The molecule has 1 aromatic carbocycles. The summed E-state index contributed by atoms with van der Waals surface area (Å²) >= 11 is 7.92. The summed E-state index contributed by atoms with van der Waals surface area (Å²) in [7, 11) is 0. The zero-order valence-electron chi connectivity index (χ0n) is 7.30. The number of rotatable bonds is 4. The molecule has 76 valence electrons. The highest BCUT2D eigenvalue weighted by molar-refractivity contribution is 9.10. The molecule has 0 bridgehead atoms. The number of nitrogens with two attached hydrogens (primary N) is 1. The molecule has 0 aromatic heterocycles. The quantitative estimate of drug-likeness (QED) is 0.860. The maximum absolute atomic E-state index is 12.8. The Hall–Kier alpha value is -0.680. The fourth-order valence-electron chi connectivity index (χ4n) is 0.849. The Labute approximate surface area is 95.4 Å². The highest BCUT2D eigenvalue weighted by atomic mass is 79.9. The summed E-state index contributed by atoms with van der Waals surface area (Å²) < 4.78 is 18.8. The van der Waals surface area contributed by atoms with Gasteiger partial charge in [-0.2, -0.15) is 0 Å². The Kier molecular flexibility index (Phi) is 4.28. The third kappa shape index (κ3) is 3.59. The molecule has 0 radical (unpaired) electrons. The van der Waals surface area contributed by atoms with Crippen molar-refractivity contribution in [2.45, 2.75) is 6.42 Å². The van der Waals surface area contributed by atoms with E-state index in [9.17, 15) is 4.39 Å². The van der Waals surface area contributed by atoms with Gasteiger partial charge in [-0.3, -0.25) is 0 Å². The van der Waals surface area contributed by atoms with Gasteiger partial charge in [-0.1, -0.05) is 12.2 Å². The lowest BCUT2D eigenvalue weighted by molar-refractivity contribution is 0.325. The van der Waals surface area contributed by atoms with Crippen LogP contribution in [-0.2, 0) is 0 Å². The molecule has 0 aliphatic rings. The second-order valence-corrected chi connectivity index (χ2v) is 4.02. The van der Waals surface area contributed by atoms with Crippen molar-refractivity contribution >= 4 is 33.1 Å². The molecule has 1 rings (SSSR count). The smallest absolute Gasteiger partial charge is 0.136 e. The molecule has 14 heavy (non-hydrogen) atoms. The molecule has 0 amide bonds. The summed E-state index contributed by atoms with van der Waals surface area (Å²) in [5.74, 6) is 0.125. The molecule has 2 nitrogen and oxygen atoms in total. The summed E-state index contributed by atoms with van der Waals surface area (Å²) in [5, 5.41) is 0. The van der Waals surface area contributed by atoms with E-state index >= 15 is 0 Å². The Balaban J connectivity index is 2.57. The van der Waals surface area contributed by atoms with E-state index in [0.717, 1.165) is 0 Å². The van der Waals surface area contributed by atoms with E-state index in [-0.39, 0.29) is 5.82 Å². The van der Waals surface area contributed by atoms with Crippen molar-refractivity contribution in [3.63, 3.8) is 0 Å². The third-order valence-corrected chi connectivity index (χ3v) is 2.36. The molecule has 0 fully saturated rings. The van der Waals surface area contributed by atoms with Gasteiger partial charge in [0.05, 0.1) is 16.1 Å². The van der Waals surface area contributed by atoms with Crippen LogP contribution in [0.5, 0.6) is 5.75 Å². The zero-order valence-corrected chi connectivity index (χ0v) is 9.70. The molecule has 0 heterocycles. The first-order valence-corrected chi connectivity index (χ1v) is 5.16. The monoisotopic (exact) mass is 277 g/mol. The van der Waals surface area contributed by atoms with Crippen LogP contribution in [0.15, 0.2) is 22.7 Å². The van der Waals surface area contributed by atoms with Crippen molar-refractivity contribution in [3.8, 4) is 5.75 Å². The average molecular weight is 278 g/mol. The van der Waals surface area contributed by atoms with Crippen LogP contribution in [0.2, 0.25) is 0 Å². The highest BCUT2D eigenvalue weighted by Gasteiger charge is 2.02. The van der Waals surface area contributed by atoms with Crippen molar-refractivity contribution in [1.82, 2.24) is 0 Å². The number of hydrogen-bond donors (Lipinski definition) is 1. The van der Waals surface area contributed by atoms with Crippen LogP contribution in [0, 0.1) is 5.82 Å². The van der Waals surface area contributed by atoms with Gasteiger partial charge in [0.15, 0.2) is 0 Å². The number of ether oxygens (including phenoxy) is 1. The molecular formula is C9H9BrFNOS. The van der Waals surface area contributed by atoms with Gasteiger partial charge < -0.3 is 10.5 Å². The summed E-state index contributed by atoms with van der Waals surface area (Å²) in [6, 6.07) is 4.25. The Bertz CT molecular complexity index is 346. The predicted molar refractivity (Wildman–Crippen MR) is 61.0 cm³/mol. The first kappa shape index (κ1) is 11.4. The lowest BCUT2D eigenvalue weighted by Gasteiger charge is -2.07. The van der Waals surface area contributed by atoms with E-state index in [1.54, 1.807) is 6.07 Å². The number of halogens is 2. The molecule has 2 N–H and O–H groups in total. The standard InChI is InChI=1S/C9H9BrFNOS/c10-7-2-1-6(11)5-8(7)13-4-3-9(12)14/h1-2,5H,3-4H2,(H2,12,14). The number of benzene rings is 1. The van der Waals surface area contributed by atoms with Gasteiger partial charge in [-0.15, -0.1) is 0 Å². The van der Waals surface area contributed by atoms with Gasteiger partial charge >= 0.3 is 0 Å². The van der Waals surface area contributed by atoms with Crippen LogP contribution in [0.3, 0.4) is 0 Å². The maximum Gasteiger partial charge on any atom is 0.136 e.